The molecule has 0 aliphatic heterocycles. The number of halogens is 1. The van der Waals surface area contributed by atoms with Crippen LogP contribution in [0.1, 0.15) is 18.1 Å². The second kappa shape index (κ2) is 8.17. The van der Waals surface area contributed by atoms with E-state index in [1.807, 2.05) is 43.3 Å². The molecule has 22 heavy (non-hydrogen) atoms. The summed E-state index contributed by atoms with van der Waals surface area (Å²) in [5.74, 6) is -0.247. The average molecular weight is 300 g/mol. The molecule has 0 aliphatic rings. The van der Waals surface area contributed by atoms with Crippen LogP contribution in [0.3, 0.4) is 0 Å². The molecule has 0 saturated heterocycles. The lowest BCUT2D eigenvalue weighted by atomic mass is 10.1. The standard InChI is InChI=1S/C18H21FN2O/c1-2-21(14-16-7-4-3-5-8-16)18(22)20-12-11-15-9-6-10-17(19)13-15/h3-10,13H,2,11-12,14H2,1H3,(H,20,22). The Morgan fingerprint density at radius 3 is 2.50 bits per heavy atom. The molecule has 0 heterocycles. The molecule has 2 amide bonds. The zero-order valence-corrected chi connectivity index (χ0v) is 12.8. The second-order valence-corrected chi connectivity index (χ2v) is 5.11. The number of rotatable bonds is 6. The van der Waals surface area contributed by atoms with Crippen LogP contribution in [0.5, 0.6) is 0 Å². The van der Waals surface area contributed by atoms with Crippen LogP contribution in [0.25, 0.3) is 0 Å². The van der Waals surface area contributed by atoms with Gasteiger partial charge in [-0.15, -0.1) is 0 Å². The minimum absolute atomic E-state index is 0.0947. The lowest BCUT2D eigenvalue weighted by Crippen LogP contribution is -2.40. The van der Waals surface area contributed by atoms with E-state index in [4.69, 9.17) is 0 Å². The van der Waals surface area contributed by atoms with Crippen LogP contribution in [-0.4, -0.2) is 24.0 Å². The summed E-state index contributed by atoms with van der Waals surface area (Å²) in [5, 5.41) is 2.89. The maximum Gasteiger partial charge on any atom is 0.317 e. The summed E-state index contributed by atoms with van der Waals surface area (Å²) in [6.07, 6.45) is 0.617. The highest BCUT2D eigenvalue weighted by Crippen LogP contribution is 2.05. The van der Waals surface area contributed by atoms with Crippen molar-refractivity contribution in [1.82, 2.24) is 10.2 Å². The fourth-order valence-corrected chi connectivity index (χ4v) is 2.25. The van der Waals surface area contributed by atoms with Crippen molar-refractivity contribution in [3.8, 4) is 0 Å². The van der Waals surface area contributed by atoms with Gasteiger partial charge in [0.15, 0.2) is 0 Å². The van der Waals surface area contributed by atoms with Crippen LogP contribution in [0.4, 0.5) is 9.18 Å². The highest BCUT2D eigenvalue weighted by molar-refractivity contribution is 5.74. The van der Waals surface area contributed by atoms with Gasteiger partial charge in [0.1, 0.15) is 5.82 Å². The molecular weight excluding hydrogens is 279 g/mol. The Morgan fingerprint density at radius 1 is 1.09 bits per heavy atom. The number of amides is 2. The van der Waals surface area contributed by atoms with E-state index in [2.05, 4.69) is 5.32 Å². The third-order valence-corrected chi connectivity index (χ3v) is 3.46. The average Bonchev–Trinajstić information content (AvgIpc) is 2.53. The topological polar surface area (TPSA) is 32.3 Å². The lowest BCUT2D eigenvalue weighted by Gasteiger charge is -2.21. The van der Waals surface area contributed by atoms with E-state index in [9.17, 15) is 9.18 Å². The lowest BCUT2D eigenvalue weighted by molar-refractivity contribution is 0.198. The number of hydrogen-bond acceptors (Lipinski definition) is 1. The number of carbonyl (C=O) groups is 1. The first-order chi connectivity index (χ1) is 10.7. The minimum Gasteiger partial charge on any atom is -0.338 e. The molecular formula is C18H21FN2O. The number of nitrogens with one attached hydrogen (secondary N) is 1. The van der Waals surface area contributed by atoms with Gasteiger partial charge in [-0.25, -0.2) is 9.18 Å². The first kappa shape index (κ1) is 16.0. The smallest absolute Gasteiger partial charge is 0.317 e. The molecule has 0 spiro atoms. The van der Waals surface area contributed by atoms with Crippen molar-refractivity contribution < 1.29 is 9.18 Å². The molecule has 3 nitrogen and oxygen atoms in total. The highest BCUT2D eigenvalue weighted by Gasteiger charge is 2.11. The van der Waals surface area contributed by atoms with Gasteiger partial charge in [0.2, 0.25) is 0 Å². The first-order valence-corrected chi connectivity index (χ1v) is 7.50. The third-order valence-electron chi connectivity index (χ3n) is 3.46. The van der Waals surface area contributed by atoms with E-state index in [-0.39, 0.29) is 11.8 Å². The molecule has 0 atom stereocenters. The summed E-state index contributed by atoms with van der Waals surface area (Å²) < 4.78 is 13.1. The number of nitrogens with zero attached hydrogens (tertiary/aromatic N) is 1. The van der Waals surface area contributed by atoms with Gasteiger partial charge in [-0.05, 0) is 36.6 Å². The van der Waals surface area contributed by atoms with Crippen LogP contribution < -0.4 is 5.32 Å². The summed E-state index contributed by atoms with van der Waals surface area (Å²) in [7, 11) is 0. The fraction of sp³-hybridized carbons (Fsp3) is 0.278. The molecule has 0 aliphatic carbocycles. The number of carbonyl (C=O) groups excluding carboxylic acids is 1. The van der Waals surface area contributed by atoms with Crippen LogP contribution in [0.15, 0.2) is 54.6 Å². The summed E-state index contributed by atoms with van der Waals surface area (Å²) in [6, 6.07) is 16.2. The normalized spacial score (nSPS) is 10.3. The Balaban J connectivity index is 1.82. The summed E-state index contributed by atoms with van der Waals surface area (Å²) in [6.45, 7) is 3.67. The second-order valence-electron chi connectivity index (χ2n) is 5.11. The van der Waals surface area contributed by atoms with Gasteiger partial charge in [0.25, 0.3) is 0 Å². The molecule has 1 N–H and O–H groups in total. The van der Waals surface area contributed by atoms with Crippen molar-refractivity contribution in [3.63, 3.8) is 0 Å². The van der Waals surface area contributed by atoms with Crippen molar-refractivity contribution in [2.45, 2.75) is 19.9 Å². The molecule has 2 aromatic rings. The maximum absolute atomic E-state index is 13.1. The molecule has 4 heteroatoms. The zero-order chi connectivity index (χ0) is 15.8. The van der Waals surface area contributed by atoms with Gasteiger partial charge < -0.3 is 10.2 Å². The largest absolute Gasteiger partial charge is 0.338 e. The summed E-state index contributed by atoms with van der Waals surface area (Å²) in [5.41, 5.74) is 1.98. The van der Waals surface area contributed by atoms with E-state index in [0.29, 0.717) is 26.1 Å². The molecule has 116 valence electrons. The van der Waals surface area contributed by atoms with Gasteiger partial charge in [-0.2, -0.15) is 0 Å². The van der Waals surface area contributed by atoms with Crippen LogP contribution >= 0.6 is 0 Å². The van der Waals surface area contributed by atoms with Crippen molar-refractivity contribution in [2.75, 3.05) is 13.1 Å². The van der Waals surface area contributed by atoms with E-state index in [1.54, 1.807) is 11.0 Å². The quantitative estimate of drug-likeness (QED) is 0.868. The number of urea groups is 1. The number of hydrogen-bond donors (Lipinski definition) is 1. The Kier molecular flexibility index (Phi) is 5.95. The fourth-order valence-electron chi connectivity index (χ4n) is 2.25. The third kappa shape index (κ3) is 4.88. The van der Waals surface area contributed by atoms with Crippen molar-refractivity contribution in [2.24, 2.45) is 0 Å². The summed E-state index contributed by atoms with van der Waals surface area (Å²) >= 11 is 0. The molecule has 0 aromatic heterocycles. The molecule has 0 unspecified atom stereocenters. The van der Waals surface area contributed by atoms with E-state index >= 15 is 0 Å². The van der Waals surface area contributed by atoms with Crippen molar-refractivity contribution >= 4 is 6.03 Å². The number of benzene rings is 2. The molecule has 0 radical (unpaired) electrons. The van der Waals surface area contributed by atoms with Crippen LogP contribution in [0, 0.1) is 5.82 Å². The van der Waals surface area contributed by atoms with E-state index in [1.165, 1.54) is 12.1 Å². The Labute approximate surface area is 130 Å². The Morgan fingerprint density at radius 2 is 1.82 bits per heavy atom. The Hall–Kier alpha value is -2.36. The monoisotopic (exact) mass is 300 g/mol. The van der Waals surface area contributed by atoms with Gasteiger partial charge in [0, 0.05) is 19.6 Å². The van der Waals surface area contributed by atoms with Gasteiger partial charge >= 0.3 is 6.03 Å². The first-order valence-electron chi connectivity index (χ1n) is 7.50. The maximum atomic E-state index is 13.1. The van der Waals surface area contributed by atoms with Gasteiger partial charge in [-0.3, -0.25) is 0 Å². The highest BCUT2D eigenvalue weighted by atomic mass is 19.1. The summed E-state index contributed by atoms with van der Waals surface area (Å²) in [4.78, 5) is 13.9. The molecule has 2 aromatic carbocycles. The SMILES string of the molecule is CCN(Cc1ccccc1)C(=O)NCCc1cccc(F)c1. The van der Waals surface area contributed by atoms with E-state index in [0.717, 1.165) is 11.1 Å². The molecule has 0 fully saturated rings. The molecule has 0 bridgehead atoms. The molecule has 0 saturated carbocycles. The predicted octanol–water partition coefficient (Wildman–Crippen LogP) is 3.60. The van der Waals surface area contributed by atoms with Crippen LogP contribution in [0.2, 0.25) is 0 Å². The van der Waals surface area contributed by atoms with Gasteiger partial charge in [-0.1, -0.05) is 42.5 Å². The Bertz CT molecular complexity index is 601. The molecule has 2 rings (SSSR count). The minimum atomic E-state index is -0.247. The van der Waals surface area contributed by atoms with Crippen molar-refractivity contribution in [3.05, 3.63) is 71.5 Å². The van der Waals surface area contributed by atoms with Crippen molar-refractivity contribution in [1.29, 1.82) is 0 Å². The predicted molar refractivity (Wildman–Crippen MR) is 86.0 cm³/mol. The zero-order valence-electron chi connectivity index (χ0n) is 12.8. The van der Waals surface area contributed by atoms with Gasteiger partial charge in [0.05, 0.1) is 0 Å². The van der Waals surface area contributed by atoms with E-state index < -0.39 is 0 Å². The van der Waals surface area contributed by atoms with Crippen LogP contribution in [-0.2, 0) is 13.0 Å².